The van der Waals surface area contributed by atoms with Crippen LogP contribution in [0.3, 0.4) is 0 Å². The first-order valence-electron chi connectivity index (χ1n) is 8.94. The molecule has 6 nitrogen and oxygen atoms in total. The summed E-state index contributed by atoms with van der Waals surface area (Å²) in [4.78, 5) is 36.7. The number of Topliss-reactive ketones (excluding diaryl/α,β-unsaturated/α-hetero) is 1. The van der Waals surface area contributed by atoms with Gasteiger partial charge in [0.25, 0.3) is 5.56 Å². The molecule has 27 heavy (non-hydrogen) atoms. The van der Waals surface area contributed by atoms with Gasteiger partial charge in [0.1, 0.15) is 0 Å². The van der Waals surface area contributed by atoms with Crippen molar-refractivity contribution < 1.29 is 4.79 Å². The number of carbonyl (C=O) groups excluding carboxylic acids is 1. The van der Waals surface area contributed by atoms with Gasteiger partial charge in [-0.25, -0.2) is 4.98 Å². The van der Waals surface area contributed by atoms with E-state index in [-0.39, 0.29) is 17.3 Å². The standard InChI is InChI=1S/C20H20N4O2S/c1-23-18(25)13-16(14-4-8-21-9-5-14)22-20(23)24-10-6-15(7-11-24)19(26)17-3-2-12-27-17/h2-5,8-9,12-13,15H,6-7,10-11H2,1H3. The summed E-state index contributed by atoms with van der Waals surface area (Å²) in [5.41, 5.74) is 1.42. The summed E-state index contributed by atoms with van der Waals surface area (Å²) >= 11 is 1.50. The van der Waals surface area contributed by atoms with Gasteiger partial charge in [0, 0.05) is 50.1 Å². The van der Waals surface area contributed by atoms with Crippen LogP contribution in [0.15, 0.2) is 52.9 Å². The van der Waals surface area contributed by atoms with Gasteiger partial charge in [-0.1, -0.05) is 6.07 Å². The fourth-order valence-corrected chi connectivity index (χ4v) is 4.19. The Kier molecular flexibility index (Phi) is 4.85. The largest absolute Gasteiger partial charge is 0.342 e. The van der Waals surface area contributed by atoms with Crippen LogP contribution in [0.5, 0.6) is 0 Å². The molecule has 0 aliphatic carbocycles. The molecule has 1 aliphatic rings. The zero-order chi connectivity index (χ0) is 18.8. The quantitative estimate of drug-likeness (QED) is 0.651. The predicted molar refractivity (Wildman–Crippen MR) is 106 cm³/mol. The molecule has 7 heteroatoms. The normalized spacial score (nSPS) is 15.1. The highest BCUT2D eigenvalue weighted by molar-refractivity contribution is 7.12. The Balaban J connectivity index is 1.55. The third kappa shape index (κ3) is 3.55. The van der Waals surface area contributed by atoms with Gasteiger partial charge >= 0.3 is 0 Å². The zero-order valence-electron chi connectivity index (χ0n) is 15.0. The Hall–Kier alpha value is -2.80. The molecule has 0 saturated carbocycles. The molecule has 1 fully saturated rings. The number of aromatic nitrogens is 3. The molecule has 0 N–H and O–H groups in total. The molecule has 1 saturated heterocycles. The molecule has 0 atom stereocenters. The summed E-state index contributed by atoms with van der Waals surface area (Å²) in [6, 6.07) is 9.04. The second kappa shape index (κ2) is 7.44. The van der Waals surface area contributed by atoms with E-state index in [1.807, 2.05) is 29.6 Å². The molecule has 0 amide bonds. The van der Waals surface area contributed by atoms with Crippen LogP contribution in [-0.4, -0.2) is 33.4 Å². The van der Waals surface area contributed by atoms with Crippen LogP contribution in [0.25, 0.3) is 11.3 Å². The van der Waals surface area contributed by atoms with E-state index >= 15 is 0 Å². The molecule has 0 bridgehead atoms. The minimum absolute atomic E-state index is 0.0420. The first kappa shape index (κ1) is 17.6. The van der Waals surface area contributed by atoms with Gasteiger partial charge in [0.2, 0.25) is 5.95 Å². The number of thiophene rings is 1. The zero-order valence-corrected chi connectivity index (χ0v) is 15.9. The smallest absolute Gasteiger partial charge is 0.255 e. The maximum atomic E-state index is 12.6. The van der Waals surface area contributed by atoms with E-state index in [0.29, 0.717) is 24.7 Å². The summed E-state index contributed by atoms with van der Waals surface area (Å²) in [5.74, 6) is 0.925. The summed E-state index contributed by atoms with van der Waals surface area (Å²) in [6.45, 7) is 1.42. The maximum Gasteiger partial charge on any atom is 0.255 e. The van der Waals surface area contributed by atoms with Gasteiger partial charge in [-0.2, -0.15) is 0 Å². The Bertz CT molecular complexity index is 991. The first-order valence-corrected chi connectivity index (χ1v) is 9.82. The van der Waals surface area contributed by atoms with Crippen LogP contribution >= 0.6 is 11.3 Å². The summed E-state index contributed by atoms with van der Waals surface area (Å²) in [7, 11) is 1.74. The molecular formula is C20H20N4O2S. The minimum atomic E-state index is -0.0939. The van der Waals surface area contributed by atoms with Gasteiger partial charge in [0.05, 0.1) is 10.6 Å². The van der Waals surface area contributed by atoms with Crippen LogP contribution in [0.4, 0.5) is 5.95 Å². The highest BCUT2D eigenvalue weighted by Crippen LogP contribution is 2.26. The molecule has 3 aromatic heterocycles. The summed E-state index contributed by atoms with van der Waals surface area (Å²) in [6.07, 6.45) is 4.92. The molecular weight excluding hydrogens is 360 g/mol. The van der Waals surface area contributed by atoms with Gasteiger partial charge in [-0.05, 0) is 36.4 Å². The van der Waals surface area contributed by atoms with Crippen molar-refractivity contribution in [1.82, 2.24) is 14.5 Å². The third-order valence-electron chi connectivity index (χ3n) is 5.00. The van der Waals surface area contributed by atoms with Crippen LogP contribution in [0.2, 0.25) is 0 Å². The van der Waals surface area contributed by atoms with E-state index in [1.165, 1.54) is 11.3 Å². The summed E-state index contributed by atoms with van der Waals surface area (Å²) in [5, 5.41) is 1.94. The van der Waals surface area contributed by atoms with Crippen LogP contribution < -0.4 is 10.5 Å². The molecule has 4 rings (SSSR count). The molecule has 3 aromatic rings. The SMILES string of the molecule is Cn1c(N2CCC(C(=O)c3cccs3)CC2)nc(-c2ccncc2)cc1=O. The van der Waals surface area contributed by atoms with Gasteiger partial charge in [-0.15, -0.1) is 11.3 Å². The van der Waals surface area contributed by atoms with Gasteiger partial charge in [-0.3, -0.25) is 19.1 Å². The molecule has 0 radical (unpaired) electrons. The Morgan fingerprint density at radius 2 is 1.93 bits per heavy atom. The Labute approximate surface area is 161 Å². The van der Waals surface area contributed by atoms with Crippen molar-refractivity contribution in [2.75, 3.05) is 18.0 Å². The summed E-state index contributed by atoms with van der Waals surface area (Å²) < 4.78 is 1.58. The number of nitrogens with zero attached hydrogens (tertiary/aromatic N) is 4. The number of pyridine rings is 1. The fourth-order valence-electron chi connectivity index (χ4n) is 3.44. The van der Waals surface area contributed by atoms with E-state index in [9.17, 15) is 9.59 Å². The van der Waals surface area contributed by atoms with Crippen molar-refractivity contribution in [3.8, 4) is 11.3 Å². The molecule has 4 heterocycles. The van der Waals surface area contributed by atoms with E-state index in [2.05, 4.69) is 9.88 Å². The average Bonchev–Trinajstić information content (AvgIpc) is 3.25. The number of hydrogen-bond acceptors (Lipinski definition) is 6. The van der Waals surface area contributed by atoms with E-state index < -0.39 is 0 Å². The number of ketones is 1. The minimum Gasteiger partial charge on any atom is -0.342 e. The molecule has 1 aliphatic heterocycles. The van der Waals surface area contributed by atoms with Crippen molar-refractivity contribution >= 4 is 23.1 Å². The topological polar surface area (TPSA) is 68.1 Å². The number of rotatable bonds is 4. The lowest BCUT2D eigenvalue weighted by molar-refractivity contribution is 0.0904. The fraction of sp³-hybridized carbons (Fsp3) is 0.300. The number of piperidine rings is 1. The lowest BCUT2D eigenvalue weighted by Gasteiger charge is -2.32. The maximum absolute atomic E-state index is 12.6. The first-order chi connectivity index (χ1) is 13.1. The van der Waals surface area contributed by atoms with E-state index in [0.717, 1.165) is 23.3 Å². The molecule has 138 valence electrons. The highest BCUT2D eigenvalue weighted by atomic mass is 32.1. The van der Waals surface area contributed by atoms with Crippen molar-refractivity contribution in [3.05, 3.63) is 63.3 Å². The second-order valence-corrected chi connectivity index (χ2v) is 7.63. The second-order valence-electron chi connectivity index (χ2n) is 6.68. The lowest BCUT2D eigenvalue weighted by Crippen LogP contribution is -2.39. The molecule has 0 aromatic carbocycles. The Morgan fingerprint density at radius 3 is 2.59 bits per heavy atom. The predicted octanol–water partition coefficient (Wildman–Crippen LogP) is 3.00. The van der Waals surface area contributed by atoms with Crippen molar-refractivity contribution in [3.63, 3.8) is 0 Å². The lowest BCUT2D eigenvalue weighted by atomic mass is 9.92. The Morgan fingerprint density at radius 1 is 1.19 bits per heavy atom. The third-order valence-corrected chi connectivity index (χ3v) is 5.88. The number of carbonyl (C=O) groups is 1. The number of anilines is 1. The van der Waals surface area contributed by atoms with Crippen molar-refractivity contribution in [1.29, 1.82) is 0 Å². The van der Waals surface area contributed by atoms with E-state index in [4.69, 9.17) is 4.98 Å². The van der Waals surface area contributed by atoms with Crippen LogP contribution in [0, 0.1) is 5.92 Å². The monoisotopic (exact) mass is 380 g/mol. The molecule has 0 unspecified atom stereocenters. The average molecular weight is 380 g/mol. The van der Waals surface area contributed by atoms with Crippen LogP contribution in [0.1, 0.15) is 22.5 Å². The highest BCUT2D eigenvalue weighted by Gasteiger charge is 2.28. The van der Waals surface area contributed by atoms with Gasteiger partial charge < -0.3 is 4.90 Å². The number of hydrogen-bond donors (Lipinski definition) is 0. The van der Waals surface area contributed by atoms with Crippen molar-refractivity contribution in [2.45, 2.75) is 12.8 Å². The van der Waals surface area contributed by atoms with E-state index in [1.54, 1.807) is 30.1 Å². The van der Waals surface area contributed by atoms with Crippen LogP contribution in [-0.2, 0) is 7.05 Å². The van der Waals surface area contributed by atoms with Gasteiger partial charge in [0.15, 0.2) is 5.78 Å². The van der Waals surface area contributed by atoms with Crippen molar-refractivity contribution in [2.24, 2.45) is 13.0 Å². The molecule has 0 spiro atoms.